The smallest absolute Gasteiger partial charge is 0.289 e. The van der Waals surface area contributed by atoms with E-state index in [9.17, 15) is 9.59 Å². The number of nitrogens with zero attached hydrogens (tertiary/aromatic N) is 2. The van der Waals surface area contributed by atoms with Crippen LogP contribution >= 0.6 is 15.9 Å². The summed E-state index contributed by atoms with van der Waals surface area (Å²) >= 11 is 3.40. The lowest BCUT2D eigenvalue weighted by Gasteiger charge is -2.34. The van der Waals surface area contributed by atoms with Gasteiger partial charge in [-0.1, -0.05) is 22.0 Å². The maximum atomic E-state index is 12.3. The lowest BCUT2D eigenvalue weighted by atomic mass is 10.2. The molecule has 0 unspecified atom stereocenters. The van der Waals surface area contributed by atoms with Crippen LogP contribution in [0.2, 0.25) is 0 Å². The van der Waals surface area contributed by atoms with Crippen LogP contribution in [0.4, 0.5) is 5.69 Å². The second-order valence-corrected chi connectivity index (χ2v) is 6.43. The standard InChI is InChI=1S/C17H18BrN3O3/c18-13-3-1-4-14(11-13)19-12-16(22)20-6-8-21(9-7-20)17(23)15-5-2-10-24-15/h1-5,10-11,19H,6-9,12H2. The van der Waals surface area contributed by atoms with Crippen LogP contribution in [0.1, 0.15) is 10.6 Å². The molecular formula is C17H18BrN3O3. The average Bonchev–Trinajstić information content (AvgIpc) is 3.14. The normalized spacial score (nSPS) is 14.5. The van der Waals surface area contributed by atoms with Crippen LogP contribution in [0.3, 0.4) is 0 Å². The average molecular weight is 392 g/mol. The van der Waals surface area contributed by atoms with Gasteiger partial charge in [-0.2, -0.15) is 0 Å². The van der Waals surface area contributed by atoms with Gasteiger partial charge in [-0.15, -0.1) is 0 Å². The van der Waals surface area contributed by atoms with E-state index >= 15 is 0 Å². The number of piperazine rings is 1. The number of hydrogen-bond acceptors (Lipinski definition) is 4. The summed E-state index contributed by atoms with van der Waals surface area (Å²) in [5.74, 6) is 0.241. The molecule has 1 fully saturated rings. The molecule has 1 aromatic carbocycles. The highest BCUT2D eigenvalue weighted by atomic mass is 79.9. The number of carbonyl (C=O) groups is 2. The second kappa shape index (κ2) is 7.53. The molecule has 1 saturated heterocycles. The van der Waals surface area contributed by atoms with E-state index in [1.54, 1.807) is 21.9 Å². The Morgan fingerprint density at radius 3 is 2.50 bits per heavy atom. The summed E-state index contributed by atoms with van der Waals surface area (Å²) in [6.45, 7) is 2.34. The van der Waals surface area contributed by atoms with Crippen LogP contribution in [0.5, 0.6) is 0 Å². The van der Waals surface area contributed by atoms with Gasteiger partial charge in [-0.3, -0.25) is 9.59 Å². The Balaban J connectivity index is 1.47. The minimum atomic E-state index is -0.126. The number of hydrogen-bond donors (Lipinski definition) is 1. The molecule has 0 saturated carbocycles. The molecule has 24 heavy (non-hydrogen) atoms. The van der Waals surface area contributed by atoms with Crippen LogP contribution in [-0.4, -0.2) is 54.3 Å². The zero-order valence-corrected chi connectivity index (χ0v) is 14.7. The summed E-state index contributed by atoms with van der Waals surface area (Å²) < 4.78 is 6.10. The van der Waals surface area contributed by atoms with Gasteiger partial charge in [0, 0.05) is 36.3 Å². The number of amides is 2. The first-order valence-electron chi connectivity index (χ1n) is 7.73. The van der Waals surface area contributed by atoms with E-state index in [1.807, 2.05) is 24.3 Å². The van der Waals surface area contributed by atoms with Crippen molar-refractivity contribution in [2.45, 2.75) is 0 Å². The molecule has 6 nitrogen and oxygen atoms in total. The van der Waals surface area contributed by atoms with Gasteiger partial charge in [-0.25, -0.2) is 0 Å². The van der Waals surface area contributed by atoms with Gasteiger partial charge in [0.15, 0.2) is 5.76 Å². The molecule has 2 heterocycles. The van der Waals surface area contributed by atoms with E-state index in [-0.39, 0.29) is 18.4 Å². The van der Waals surface area contributed by atoms with Gasteiger partial charge in [0.25, 0.3) is 5.91 Å². The van der Waals surface area contributed by atoms with E-state index in [0.29, 0.717) is 31.9 Å². The van der Waals surface area contributed by atoms with Gasteiger partial charge >= 0.3 is 0 Å². The molecule has 3 rings (SSSR count). The Labute approximate surface area is 148 Å². The number of anilines is 1. The van der Waals surface area contributed by atoms with Crippen molar-refractivity contribution < 1.29 is 14.0 Å². The van der Waals surface area contributed by atoms with Gasteiger partial charge in [0.1, 0.15) is 0 Å². The highest BCUT2D eigenvalue weighted by Crippen LogP contribution is 2.15. The van der Waals surface area contributed by atoms with Crippen LogP contribution in [0, 0.1) is 0 Å². The Bertz CT molecular complexity index is 710. The fourth-order valence-corrected chi connectivity index (χ4v) is 3.00. The Morgan fingerprint density at radius 1 is 1.08 bits per heavy atom. The predicted octanol–water partition coefficient (Wildman–Crippen LogP) is 2.44. The van der Waals surface area contributed by atoms with Gasteiger partial charge in [0.2, 0.25) is 5.91 Å². The number of rotatable bonds is 4. The first-order chi connectivity index (χ1) is 11.6. The molecule has 2 amide bonds. The van der Waals surface area contributed by atoms with Crippen LogP contribution in [0.15, 0.2) is 51.6 Å². The highest BCUT2D eigenvalue weighted by molar-refractivity contribution is 9.10. The molecular weight excluding hydrogens is 374 g/mol. The summed E-state index contributed by atoms with van der Waals surface area (Å²) in [6.07, 6.45) is 1.49. The number of benzene rings is 1. The van der Waals surface area contributed by atoms with E-state index in [2.05, 4.69) is 21.2 Å². The monoisotopic (exact) mass is 391 g/mol. The first kappa shape index (κ1) is 16.6. The van der Waals surface area contributed by atoms with Crippen molar-refractivity contribution in [1.82, 2.24) is 9.80 Å². The Morgan fingerprint density at radius 2 is 1.83 bits per heavy atom. The van der Waals surface area contributed by atoms with Crippen molar-refractivity contribution >= 4 is 33.4 Å². The summed E-state index contributed by atoms with van der Waals surface area (Å²) in [7, 11) is 0. The molecule has 0 spiro atoms. The van der Waals surface area contributed by atoms with Crippen LogP contribution in [0.25, 0.3) is 0 Å². The molecule has 1 aliphatic rings. The molecule has 1 N–H and O–H groups in total. The summed E-state index contributed by atoms with van der Waals surface area (Å²) in [4.78, 5) is 28.0. The molecule has 1 aromatic heterocycles. The Kier molecular flexibility index (Phi) is 5.20. The molecule has 0 aliphatic carbocycles. The summed E-state index contributed by atoms with van der Waals surface area (Å²) in [5.41, 5.74) is 0.893. The van der Waals surface area contributed by atoms with Gasteiger partial charge < -0.3 is 19.5 Å². The number of carbonyl (C=O) groups excluding carboxylic acids is 2. The van der Waals surface area contributed by atoms with Crippen LogP contribution in [-0.2, 0) is 4.79 Å². The molecule has 0 radical (unpaired) electrons. The van der Waals surface area contributed by atoms with Crippen molar-refractivity contribution in [2.24, 2.45) is 0 Å². The highest BCUT2D eigenvalue weighted by Gasteiger charge is 2.25. The molecule has 0 bridgehead atoms. The molecule has 1 aliphatic heterocycles. The maximum Gasteiger partial charge on any atom is 0.289 e. The summed E-state index contributed by atoms with van der Waals surface area (Å²) in [6, 6.07) is 11.0. The largest absolute Gasteiger partial charge is 0.459 e. The molecule has 7 heteroatoms. The topological polar surface area (TPSA) is 65.8 Å². The van der Waals surface area contributed by atoms with Crippen molar-refractivity contribution in [3.05, 3.63) is 52.9 Å². The van der Waals surface area contributed by atoms with Gasteiger partial charge in [-0.05, 0) is 30.3 Å². The molecule has 2 aromatic rings. The van der Waals surface area contributed by atoms with E-state index < -0.39 is 0 Å². The maximum absolute atomic E-state index is 12.3. The van der Waals surface area contributed by atoms with E-state index in [0.717, 1.165) is 10.2 Å². The number of nitrogens with one attached hydrogen (secondary N) is 1. The number of halogens is 1. The SMILES string of the molecule is O=C(CNc1cccc(Br)c1)N1CCN(C(=O)c2ccco2)CC1. The third kappa shape index (κ3) is 3.97. The van der Waals surface area contributed by atoms with Crippen molar-refractivity contribution in [3.8, 4) is 0 Å². The lowest BCUT2D eigenvalue weighted by molar-refractivity contribution is -0.130. The zero-order chi connectivity index (χ0) is 16.9. The van der Waals surface area contributed by atoms with E-state index in [1.165, 1.54) is 6.26 Å². The lowest BCUT2D eigenvalue weighted by Crippen LogP contribution is -2.51. The summed E-state index contributed by atoms with van der Waals surface area (Å²) in [5, 5.41) is 3.12. The van der Waals surface area contributed by atoms with Crippen molar-refractivity contribution in [3.63, 3.8) is 0 Å². The van der Waals surface area contributed by atoms with Crippen molar-refractivity contribution in [1.29, 1.82) is 0 Å². The first-order valence-corrected chi connectivity index (χ1v) is 8.53. The third-order valence-electron chi connectivity index (χ3n) is 3.92. The molecule has 0 atom stereocenters. The van der Waals surface area contributed by atoms with Gasteiger partial charge in [0.05, 0.1) is 12.8 Å². The van der Waals surface area contributed by atoms with Crippen LogP contribution < -0.4 is 5.32 Å². The molecule has 126 valence electrons. The fraction of sp³-hybridized carbons (Fsp3) is 0.294. The van der Waals surface area contributed by atoms with Crippen molar-refractivity contribution in [2.75, 3.05) is 38.0 Å². The predicted molar refractivity (Wildman–Crippen MR) is 93.8 cm³/mol. The quantitative estimate of drug-likeness (QED) is 0.868. The minimum Gasteiger partial charge on any atom is -0.459 e. The van der Waals surface area contributed by atoms with E-state index in [4.69, 9.17) is 4.42 Å². The zero-order valence-electron chi connectivity index (χ0n) is 13.1. The Hall–Kier alpha value is -2.28. The minimum absolute atomic E-state index is 0.0278. The second-order valence-electron chi connectivity index (χ2n) is 5.51. The number of furan rings is 1. The third-order valence-corrected chi connectivity index (χ3v) is 4.41. The fourth-order valence-electron chi connectivity index (χ4n) is 2.60.